The van der Waals surface area contributed by atoms with E-state index >= 15 is 0 Å². The van der Waals surface area contributed by atoms with Crippen LogP contribution in [0.2, 0.25) is 0 Å². The molecule has 2 N–H and O–H groups in total. The molecule has 2 rings (SSSR count). The number of aliphatic hydroxyl groups is 1. The van der Waals surface area contributed by atoms with E-state index in [1.54, 1.807) is 0 Å². The van der Waals surface area contributed by atoms with Crippen LogP contribution < -0.4 is 5.32 Å². The molecule has 0 aliphatic carbocycles. The SMILES string of the molecule is CC(CO)Nc1ccccc1-c1ccccc1. The number of hydrogen-bond acceptors (Lipinski definition) is 2. The van der Waals surface area contributed by atoms with Gasteiger partial charge in [-0.25, -0.2) is 0 Å². The van der Waals surface area contributed by atoms with Crippen molar-refractivity contribution >= 4 is 5.69 Å². The quantitative estimate of drug-likeness (QED) is 0.841. The Labute approximate surface area is 102 Å². The molecule has 17 heavy (non-hydrogen) atoms. The number of benzene rings is 2. The largest absolute Gasteiger partial charge is 0.394 e. The summed E-state index contributed by atoms with van der Waals surface area (Å²) in [5.41, 5.74) is 3.40. The van der Waals surface area contributed by atoms with Gasteiger partial charge in [0.15, 0.2) is 0 Å². The molecule has 88 valence electrons. The lowest BCUT2D eigenvalue weighted by Gasteiger charge is -2.16. The monoisotopic (exact) mass is 227 g/mol. The summed E-state index contributed by atoms with van der Waals surface area (Å²) in [6.07, 6.45) is 0. The number of para-hydroxylation sites is 1. The average Bonchev–Trinajstić information content (AvgIpc) is 2.40. The van der Waals surface area contributed by atoms with Crippen LogP contribution >= 0.6 is 0 Å². The van der Waals surface area contributed by atoms with Crippen LogP contribution in [0.15, 0.2) is 54.6 Å². The van der Waals surface area contributed by atoms with E-state index in [-0.39, 0.29) is 12.6 Å². The molecule has 1 atom stereocenters. The lowest BCUT2D eigenvalue weighted by atomic mass is 10.0. The molecule has 0 bridgehead atoms. The molecule has 0 radical (unpaired) electrons. The van der Waals surface area contributed by atoms with Crippen molar-refractivity contribution in [3.63, 3.8) is 0 Å². The topological polar surface area (TPSA) is 32.3 Å². The fraction of sp³-hybridized carbons (Fsp3) is 0.200. The number of hydrogen-bond donors (Lipinski definition) is 2. The average molecular weight is 227 g/mol. The predicted molar refractivity (Wildman–Crippen MR) is 72.0 cm³/mol. The van der Waals surface area contributed by atoms with Crippen LogP contribution in [0.3, 0.4) is 0 Å². The second kappa shape index (κ2) is 5.51. The molecule has 0 heterocycles. The fourth-order valence-corrected chi connectivity index (χ4v) is 1.79. The van der Waals surface area contributed by atoms with Crippen LogP contribution in [0, 0.1) is 0 Å². The number of anilines is 1. The van der Waals surface area contributed by atoms with E-state index in [0.717, 1.165) is 11.3 Å². The van der Waals surface area contributed by atoms with E-state index in [4.69, 9.17) is 5.11 Å². The van der Waals surface area contributed by atoms with Crippen LogP contribution in [-0.2, 0) is 0 Å². The first kappa shape index (κ1) is 11.7. The fourth-order valence-electron chi connectivity index (χ4n) is 1.79. The number of nitrogens with one attached hydrogen (secondary N) is 1. The van der Waals surface area contributed by atoms with Crippen LogP contribution in [0.25, 0.3) is 11.1 Å². The molecular weight excluding hydrogens is 210 g/mol. The molecule has 0 aliphatic rings. The highest BCUT2D eigenvalue weighted by Crippen LogP contribution is 2.27. The predicted octanol–water partition coefficient (Wildman–Crippen LogP) is 3.15. The minimum atomic E-state index is 0.0554. The molecular formula is C15H17NO. The third kappa shape index (κ3) is 2.86. The zero-order valence-electron chi connectivity index (χ0n) is 9.93. The van der Waals surface area contributed by atoms with Gasteiger partial charge in [-0.05, 0) is 18.6 Å². The van der Waals surface area contributed by atoms with Gasteiger partial charge in [0.1, 0.15) is 0 Å². The minimum Gasteiger partial charge on any atom is -0.394 e. The van der Waals surface area contributed by atoms with Gasteiger partial charge in [-0.2, -0.15) is 0 Å². The Morgan fingerprint density at radius 2 is 1.65 bits per heavy atom. The van der Waals surface area contributed by atoms with Crippen molar-refractivity contribution in [2.45, 2.75) is 13.0 Å². The molecule has 1 unspecified atom stereocenters. The summed E-state index contributed by atoms with van der Waals surface area (Å²) in [6, 6.07) is 18.4. The van der Waals surface area contributed by atoms with Gasteiger partial charge in [-0.3, -0.25) is 0 Å². The van der Waals surface area contributed by atoms with Gasteiger partial charge in [0.25, 0.3) is 0 Å². The van der Waals surface area contributed by atoms with Crippen molar-refractivity contribution in [3.05, 3.63) is 54.6 Å². The van der Waals surface area contributed by atoms with Crippen LogP contribution in [-0.4, -0.2) is 17.8 Å². The summed E-state index contributed by atoms with van der Waals surface area (Å²) < 4.78 is 0. The van der Waals surface area contributed by atoms with Crippen LogP contribution in [0.1, 0.15) is 6.92 Å². The maximum atomic E-state index is 9.10. The highest BCUT2D eigenvalue weighted by molar-refractivity contribution is 5.77. The standard InChI is InChI=1S/C15H17NO/c1-12(11-17)16-15-10-6-5-9-14(15)13-7-3-2-4-8-13/h2-10,12,16-17H,11H2,1H3. The van der Waals surface area contributed by atoms with Gasteiger partial charge in [0.2, 0.25) is 0 Å². The van der Waals surface area contributed by atoms with E-state index < -0.39 is 0 Å². The van der Waals surface area contributed by atoms with Crippen LogP contribution in [0.4, 0.5) is 5.69 Å². The molecule has 0 fully saturated rings. The number of rotatable bonds is 4. The molecule has 2 nitrogen and oxygen atoms in total. The summed E-state index contributed by atoms with van der Waals surface area (Å²) in [7, 11) is 0. The molecule has 0 aromatic heterocycles. The zero-order chi connectivity index (χ0) is 12.1. The lowest BCUT2D eigenvalue weighted by molar-refractivity contribution is 0.281. The Bertz CT molecular complexity index is 467. The maximum Gasteiger partial charge on any atom is 0.0630 e. The van der Waals surface area contributed by atoms with Crippen molar-refractivity contribution in [2.24, 2.45) is 0 Å². The van der Waals surface area contributed by atoms with Gasteiger partial charge in [0.05, 0.1) is 6.61 Å². The number of aliphatic hydroxyl groups excluding tert-OH is 1. The van der Waals surface area contributed by atoms with E-state index in [1.807, 2.05) is 43.3 Å². The molecule has 2 aromatic rings. The molecule has 0 aliphatic heterocycles. The Kier molecular flexibility index (Phi) is 3.78. The van der Waals surface area contributed by atoms with E-state index in [1.165, 1.54) is 5.56 Å². The Hall–Kier alpha value is -1.80. The van der Waals surface area contributed by atoms with Crippen molar-refractivity contribution in [1.82, 2.24) is 0 Å². The van der Waals surface area contributed by atoms with Gasteiger partial charge in [-0.15, -0.1) is 0 Å². The summed E-state index contributed by atoms with van der Waals surface area (Å²) in [5.74, 6) is 0. The maximum absolute atomic E-state index is 9.10. The van der Waals surface area contributed by atoms with Crippen molar-refractivity contribution in [1.29, 1.82) is 0 Å². The molecule has 2 aromatic carbocycles. The molecule has 0 saturated heterocycles. The first-order valence-corrected chi connectivity index (χ1v) is 5.83. The summed E-state index contributed by atoms with van der Waals surface area (Å²) >= 11 is 0. The van der Waals surface area contributed by atoms with E-state index in [0.29, 0.717) is 0 Å². The van der Waals surface area contributed by atoms with Gasteiger partial charge >= 0.3 is 0 Å². The Morgan fingerprint density at radius 1 is 1.00 bits per heavy atom. The second-order valence-corrected chi connectivity index (χ2v) is 4.14. The second-order valence-electron chi connectivity index (χ2n) is 4.14. The summed E-state index contributed by atoms with van der Waals surface area (Å²) in [5, 5.41) is 12.4. The first-order valence-electron chi connectivity index (χ1n) is 5.83. The Morgan fingerprint density at radius 3 is 2.35 bits per heavy atom. The molecule has 0 saturated carbocycles. The highest BCUT2D eigenvalue weighted by atomic mass is 16.3. The zero-order valence-corrected chi connectivity index (χ0v) is 9.93. The van der Waals surface area contributed by atoms with Crippen LogP contribution in [0.5, 0.6) is 0 Å². The van der Waals surface area contributed by atoms with Gasteiger partial charge in [-0.1, -0.05) is 48.5 Å². The third-order valence-electron chi connectivity index (χ3n) is 2.69. The molecule has 2 heteroatoms. The normalized spacial score (nSPS) is 12.1. The van der Waals surface area contributed by atoms with Gasteiger partial charge in [0, 0.05) is 17.3 Å². The summed E-state index contributed by atoms with van der Waals surface area (Å²) in [6.45, 7) is 2.09. The van der Waals surface area contributed by atoms with E-state index in [9.17, 15) is 0 Å². The van der Waals surface area contributed by atoms with Gasteiger partial charge < -0.3 is 10.4 Å². The summed E-state index contributed by atoms with van der Waals surface area (Å²) in [4.78, 5) is 0. The smallest absolute Gasteiger partial charge is 0.0630 e. The van der Waals surface area contributed by atoms with Crippen molar-refractivity contribution < 1.29 is 5.11 Å². The van der Waals surface area contributed by atoms with E-state index in [2.05, 4.69) is 23.5 Å². The third-order valence-corrected chi connectivity index (χ3v) is 2.69. The highest BCUT2D eigenvalue weighted by Gasteiger charge is 2.06. The molecule has 0 amide bonds. The molecule has 0 spiro atoms. The lowest BCUT2D eigenvalue weighted by Crippen LogP contribution is -2.19. The van der Waals surface area contributed by atoms with Crippen molar-refractivity contribution in [2.75, 3.05) is 11.9 Å². The first-order chi connectivity index (χ1) is 8.31. The Balaban J connectivity index is 2.34. The minimum absolute atomic E-state index is 0.0554. The van der Waals surface area contributed by atoms with Crippen molar-refractivity contribution in [3.8, 4) is 11.1 Å².